The standard InChI is InChI=1S/C19H26N4O2/c1-25-14-13-22-10-7-16(8-11-22)15-20-19(24)18-9-12-23(21-18)17-5-3-2-4-6-17/h2-6,9,12,16H,7-8,10-11,13-15H2,1H3,(H,20,24). The summed E-state index contributed by atoms with van der Waals surface area (Å²) in [5.41, 5.74) is 1.41. The summed E-state index contributed by atoms with van der Waals surface area (Å²) >= 11 is 0. The molecule has 0 spiro atoms. The van der Waals surface area contributed by atoms with E-state index in [0.29, 0.717) is 11.6 Å². The molecule has 1 aliphatic rings. The Morgan fingerprint density at radius 3 is 2.72 bits per heavy atom. The van der Waals surface area contributed by atoms with Gasteiger partial charge in [0.2, 0.25) is 0 Å². The third-order valence-corrected chi connectivity index (χ3v) is 4.71. The number of ether oxygens (including phenoxy) is 1. The zero-order valence-corrected chi connectivity index (χ0v) is 14.7. The highest BCUT2D eigenvalue weighted by Crippen LogP contribution is 2.16. The van der Waals surface area contributed by atoms with Gasteiger partial charge in [-0.3, -0.25) is 4.79 Å². The Morgan fingerprint density at radius 2 is 2.00 bits per heavy atom. The van der Waals surface area contributed by atoms with E-state index in [4.69, 9.17) is 4.74 Å². The van der Waals surface area contributed by atoms with Crippen molar-refractivity contribution in [1.82, 2.24) is 20.0 Å². The molecule has 25 heavy (non-hydrogen) atoms. The molecule has 1 N–H and O–H groups in total. The van der Waals surface area contributed by atoms with Crippen molar-refractivity contribution in [2.45, 2.75) is 12.8 Å². The summed E-state index contributed by atoms with van der Waals surface area (Å²) < 4.78 is 6.85. The molecule has 0 saturated carbocycles. The molecule has 0 bridgehead atoms. The minimum Gasteiger partial charge on any atom is -0.383 e. The van der Waals surface area contributed by atoms with Gasteiger partial charge in [-0.25, -0.2) is 4.68 Å². The van der Waals surface area contributed by atoms with Gasteiger partial charge in [0.15, 0.2) is 5.69 Å². The summed E-state index contributed by atoms with van der Waals surface area (Å²) in [4.78, 5) is 14.7. The van der Waals surface area contributed by atoms with Crippen molar-refractivity contribution in [3.05, 3.63) is 48.3 Å². The highest BCUT2D eigenvalue weighted by atomic mass is 16.5. The van der Waals surface area contributed by atoms with Gasteiger partial charge in [-0.1, -0.05) is 18.2 Å². The number of piperidine rings is 1. The summed E-state index contributed by atoms with van der Waals surface area (Å²) in [5, 5.41) is 7.41. The number of nitrogens with one attached hydrogen (secondary N) is 1. The second kappa shape index (κ2) is 8.78. The predicted octanol–water partition coefficient (Wildman–Crippen LogP) is 1.96. The van der Waals surface area contributed by atoms with Crippen LogP contribution in [-0.4, -0.2) is 60.5 Å². The fourth-order valence-electron chi connectivity index (χ4n) is 3.13. The lowest BCUT2D eigenvalue weighted by Gasteiger charge is -2.31. The Morgan fingerprint density at radius 1 is 1.24 bits per heavy atom. The van der Waals surface area contributed by atoms with E-state index in [-0.39, 0.29) is 5.91 Å². The highest BCUT2D eigenvalue weighted by molar-refractivity contribution is 5.92. The van der Waals surface area contributed by atoms with Gasteiger partial charge in [0, 0.05) is 26.4 Å². The number of rotatable bonds is 7. The van der Waals surface area contributed by atoms with Crippen LogP contribution in [-0.2, 0) is 4.74 Å². The minimum absolute atomic E-state index is 0.100. The van der Waals surface area contributed by atoms with Gasteiger partial charge >= 0.3 is 0 Å². The third-order valence-electron chi connectivity index (χ3n) is 4.71. The number of methoxy groups -OCH3 is 1. The molecular weight excluding hydrogens is 316 g/mol. The van der Waals surface area contributed by atoms with Crippen molar-refractivity contribution < 1.29 is 9.53 Å². The summed E-state index contributed by atoms with van der Waals surface area (Å²) in [6.45, 7) is 4.65. The van der Waals surface area contributed by atoms with Crippen LogP contribution >= 0.6 is 0 Å². The average molecular weight is 342 g/mol. The zero-order valence-electron chi connectivity index (χ0n) is 14.7. The van der Waals surface area contributed by atoms with Crippen molar-refractivity contribution in [1.29, 1.82) is 0 Å². The van der Waals surface area contributed by atoms with Crippen molar-refractivity contribution >= 4 is 5.91 Å². The van der Waals surface area contributed by atoms with E-state index in [0.717, 1.165) is 51.3 Å². The normalized spacial score (nSPS) is 16.0. The van der Waals surface area contributed by atoms with Gasteiger partial charge in [-0.15, -0.1) is 0 Å². The van der Waals surface area contributed by atoms with Crippen LogP contribution in [0.4, 0.5) is 0 Å². The molecule has 1 amide bonds. The number of amides is 1. The van der Waals surface area contributed by atoms with Gasteiger partial charge in [-0.2, -0.15) is 5.10 Å². The molecular formula is C19H26N4O2. The number of benzene rings is 1. The Kier molecular flexibility index (Phi) is 6.19. The Bertz CT molecular complexity index is 663. The number of hydrogen-bond acceptors (Lipinski definition) is 4. The van der Waals surface area contributed by atoms with Crippen LogP contribution in [0.1, 0.15) is 23.3 Å². The first-order valence-electron chi connectivity index (χ1n) is 8.87. The van der Waals surface area contributed by atoms with Crippen molar-refractivity contribution in [3.63, 3.8) is 0 Å². The van der Waals surface area contributed by atoms with E-state index in [1.54, 1.807) is 17.9 Å². The van der Waals surface area contributed by atoms with Gasteiger partial charge in [-0.05, 0) is 50.0 Å². The van der Waals surface area contributed by atoms with Crippen LogP contribution in [0.5, 0.6) is 0 Å². The van der Waals surface area contributed by atoms with Crippen molar-refractivity contribution in [3.8, 4) is 5.69 Å². The number of carbonyl (C=O) groups excluding carboxylic acids is 1. The third kappa shape index (κ3) is 4.90. The minimum atomic E-state index is -0.100. The summed E-state index contributed by atoms with van der Waals surface area (Å²) in [7, 11) is 1.74. The van der Waals surface area contributed by atoms with E-state index in [9.17, 15) is 4.79 Å². The molecule has 1 aromatic carbocycles. The molecule has 1 aromatic heterocycles. The average Bonchev–Trinajstić information content (AvgIpc) is 3.16. The van der Waals surface area contributed by atoms with Gasteiger partial charge in [0.25, 0.3) is 5.91 Å². The smallest absolute Gasteiger partial charge is 0.271 e. The molecule has 0 aliphatic carbocycles. The lowest BCUT2D eigenvalue weighted by Crippen LogP contribution is -2.39. The van der Waals surface area contributed by atoms with Crippen LogP contribution in [0.25, 0.3) is 5.69 Å². The molecule has 1 aliphatic heterocycles. The zero-order chi connectivity index (χ0) is 17.5. The fourth-order valence-corrected chi connectivity index (χ4v) is 3.13. The SMILES string of the molecule is COCCN1CCC(CNC(=O)c2ccn(-c3ccccc3)n2)CC1. The van der Waals surface area contributed by atoms with Gasteiger partial charge in [0.05, 0.1) is 12.3 Å². The molecule has 0 radical (unpaired) electrons. The molecule has 1 fully saturated rings. The summed E-state index contributed by atoms with van der Waals surface area (Å²) in [6.07, 6.45) is 4.05. The van der Waals surface area contributed by atoms with E-state index in [1.807, 2.05) is 36.5 Å². The number of likely N-dealkylation sites (tertiary alicyclic amines) is 1. The molecule has 6 nitrogen and oxygen atoms in total. The molecule has 0 unspecified atom stereocenters. The first-order valence-corrected chi connectivity index (χ1v) is 8.87. The van der Waals surface area contributed by atoms with E-state index in [2.05, 4.69) is 15.3 Å². The van der Waals surface area contributed by atoms with Crippen LogP contribution in [0.15, 0.2) is 42.6 Å². The van der Waals surface area contributed by atoms with Crippen LogP contribution in [0, 0.1) is 5.92 Å². The lowest BCUT2D eigenvalue weighted by atomic mass is 9.97. The van der Waals surface area contributed by atoms with E-state index >= 15 is 0 Å². The van der Waals surface area contributed by atoms with Gasteiger partial charge in [0.1, 0.15) is 0 Å². The molecule has 1 saturated heterocycles. The quantitative estimate of drug-likeness (QED) is 0.836. The largest absolute Gasteiger partial charge is 0.383 e. The number of para-hydroxylation sites is 1. The first kappa shape index (κ1) is 17.6. The fraction of sp³-hybridized carbons (Fsp3) is 0.474. The second-order valence-electron chi connectivity index (χ2n) is 6.47. The number of nitrogens with zero attached hydrogens (tertiary/aromatic N) is 3. The number of carbonyl (C=O) groups is 1. The Balaban J connectivity index is 1.45. The monoisotopic (exact) mass is 342 g/mol. The molecule has 2 heterocycles. The van der Waals surface area contributed by atoms with Gasteiger partial charge < -0.3 is 15.0 Å². The maximum Gasteiger partial charge on any atom is 0.271 e. The molecule has 134 valence electrons. The van der Waals surface area contributed by atoms with Crippen LogP contribution < -0.4 is 5.32 Å². The summed E-state index contributed by atoms with van der Waals surface area (Å²) in [5.74, 6) is 0.440. The summed E-state index contributed by atoms with van der Waals surface area (Å²) in [6, 6.07) is 11.6. The lowest BCUT2D eigenvalue weighted by molar-refractivity contribution is 0.0921. The molecule has 2 aromatic rings. The van der Waals surface area contributed by atoms with Crippen molar-refractivity contribution in [2.75, 3.05) is 39.9 Å². The number of aromatic nitrogens is 2. The topological polar surface area (TPSA) is 59.4 Å². The highest BCUT2D eigenvalue weighted by Gasteiger charge is 2.20. The van der Waals surface area contributed by atoms with Crippen LogP contribution in [0.2, 0.25) is 0 Å². The predicted molar refractivity (Wildman–Crippen MR) is 96.9 cm³/mol. The molecule has 6 heteroatoms. The number of hydrogen-bond donors (Lipinski definition) is 1. The molecule has 0 atom stereocenters. The van der Waals surface area contributed by atoms with E-state index in [1.165, 1.54) is 0 Å². The van der Waals surface area contributed by atoms with Crippen molar-refractivity contribution in [2.24, 2.45) is 5.92 Å². The second-order valence-corrected chi connectivity index (χ2v) is 6.47. The maximum atomic E-state index is 12.3. The molecule has 3 rings (SSSR count). The van der Waals surface area contributed by atoms with E-state index < -0.39 is 0 Å². The first-order chi connectivity index (χ1) is 12.3. The Labute approximate surface area is 148 Å². The maximum absolute atomic E-state index is 12.3. The Hall–Kier alpha value is -2.18. The van der Waals surface area contributed by atoms with Crippen LogP contribution in [0.3, 0.4) is 0 Å².